The number of benzene rings is 1. The third-order valence-electron chi connectivity index (χ3n) is 5.27. The summed E-state index contributed by atoms with van der Waals surface area (Å²) in [7, 11) is 0. The van der Waals surface area contributed by atoms with Crippen molar-refractivity contribution in [1.29, 1.82) is 5.26 Å². The molecular formula is C19H17F3N4. The second-order valence-electron chi connectivity index (χ2n) is 6.96. The van der Waals surface area contributed by atoms with Crippen LogP contribution in [0.3, 0.4) is 0 Å². The van der Waals surface area contributed by atoms with E-state index in [1.807, 2.05) is 10.8 Å². The molecule has 26 heavy (non-hydrogen) atoms. The van der Waals surface area contributed by atoms with Gasteiger partial charge in [-0.2, -0.15) is 18.4 Å². The average molecular weight is 358 g/mol. The van der Waals surface area contributed by atoms with Gasteiger partial charge in [0.2, 0.25) is 0 Å². The Labute approximate surface area is 149 Å². The van der Waals surface area contributed by atoms with Crippen molar-refractivity contribution in [3.05, 3.63) is 54.1 Å². The Balaban J connectivity index is 1.62. The summed E-state index contributed by atoms with van der Waals surface area (Å²) in [6, 6.07) is 5.31. The van der Waals surface area contributed by atoms with Gasteiger partial charge in [0.1, 0.15) is 0 Å². The molecule has 0 radical (unpaired) electrons. The SMILES string of the molecule is N#Cc1ccc(NC2C=C(n3ccnc3)C3(CC2)CC3)cc1C(F)(F)F. The monoisotopic (exact) mass is 358 g/mol. The molecule has 1 N–H and O–H groups in total. The number of nitrogens with zero attached hydrogens (tertiary/aromatic N) is 3. The number of rotatable bonds is 3. The molecule has 2 aliphatic carbocycles. The van der Waals surface area contributed by atoms with Crippen molar-refractivity contribution in [2.24, 2.45) is 5.41 Å². The molecule has 1 spiro atoms. The standard InChI is InChI=1S/C19H17F3N4/c20-19(21,22)16-9-14(2-1-13(16)11-23)25-15-3-4-18(5-6-18)17(10-15)26-8-7-24-12-26/h1-2,7-10,12,15,25H,3-6H2. The molecule has 0 amide bonds. The minimum Gasteiger partial charge on any atom is -0.379 e. The zero-order valence-electron chi connectivity index (χ0n) is 13.9. The largest absolute Gasteiger partial charge is 0.417 e. The summed E-state index contributed by atoms with van der Waals surface area (Å²) < 4.78 is 41.5. The van der Waals surface area contributed by atoms with Crippen molar-refractivity contribution in [3.63, 3.8) is 0 Å². The molecule has 2 aliphatic rings. The zero-order chi connectivity index (χ0) is 18.4. The minimum atomic E-state index is -4.55. The number of imidazole rings is 1. The number of halogens is 3. The van der Waals surface area contributed by atoms with Crippen LogP contribution in [0.1, 0.15) is 36.8 Å². The second-order valence-corrected chi connectivity index (χ2v) is 6.96. The second kappa shape index (κ2) is 5.90. The maximum absolute atomic E-state index is 13.2. The van der Waals surface area contributed by atoms with E-state index < -0.39 is 11.7 Å². The quantitative estimate of drug-likeness (QED) is 0.867. The van der Waals surface area contributed by atoms with Crippen molar-refractivity contribution in [1.82, 2.24) is 9.55 Å². The van der Waals surface area contributed by atoms with E-state index in [-0.39, 0.29) is 17.0 Å². The number of hydrogen-bond acceptors (Lipinski definition) is 3. The van der Waals surface area contributed by atoms with Gasteiger partial charge >= 0.3 is 6.18 Å². The number of hydrogen-bond donors (Lipinski definition) is 1. The van der Waals surface area contributed by atoms with Crippen LogP contribution in [-0.2, 0) is 6.18 Å². The molecule has 1 saturated carbocycles. The van der Waals surface area contributed by atoms with Crippen LogP contribution in [0.5, 0.6) is 0 Å². The Bertz CT molecular complexity index is 886. The highest BCUT2D eigenvalue weighted by molar-refractivity contribution is 5.61. The third-order valence-corrected chi connectivity index (χ3v) is 5.27. The summed E-state index contributed by atoms with van der Waals surface area (Å²) >= 11 is 0. The highest BCUT2D eigenvalue weighted by Gasteiger charge is 2.48. The number of nitriles is 1. The summed E-state index contributed by atoms with van der Waals surface area (Å²) in [6.45, 7) is 0. The predicted octanol–water partition coefficient (Wildman–Crippen LogP) is 4.67. The molecule has 1 heterocycles. The van der Waals surface area contributed by atoms with Crippen molar-refractivity contribution in [2.45, 2.75) is 37.9 Å². The van der Waals surface area contributed by atoms with Crippen LogP contribution in [-0.4, -0.2) is 15.6 Å². The lowest BCUT2D eigenvalue weighted by Crippen LogP contribution is -2.26. The van der Waals surface area contributed by atoms with Crippen LogP contribution >= 0.6 is 0 Å². The van der Waals surface area contributed by atoms with Crippen LogP contribution in [0.15, 0.2) is 43.0 Å². The van der Waals surface area contributed by atoms with Crippen molar-refractivity contribution < 1.29 is 13.2 Å². The first-order valence-electron chi connectivity index (χ1n) is 8.50. The molecule has 1 atom stereocenters. The molecule has 4 rings (SSSR count). The van der Waals surface area contributed by atoms with Crippen LogP contribution in [0.4, 0.5) is 18.9 Å². The van der Waals surface area contributed by atoms with Crippen LogP contribution in [0.25, 0.3) is 5.70 Å². The Kier molecular flexibility index (Phi) is 3.79. The van der Waals surface area contributed by atoms with Gasteiger partial charge in [0.15, 0.2) is 0 Å². The van der Waals surface area contributed by atoms with Gasteiger partial charge in [-0.3, -0.25) is 0 Å². The van der Waals surface area contributed by atoms with Crippen LogP contribution < -0.4 is 5.32 Å². The van der Waals surface area contributed by atoms with E-state index in [2.05, 4.69) is 16.4 Å². The summed E-state index contributed by atoms with van der Waals surface area (Å²) in [5.41, 5.74) is 0.468. The smallest absolute Gasteiger partial charge is 0.379 e. The van der Waals surface area contributed by atoms with E-state index in [1.54, 1.807) is 18.6 Å². The number of alkyl halides is 3. The average Bonchev–Trinajstić information content (AvgIpc) is 3.16. The Hall–Kier alpha value is -2.75. The lowest BCUT2D eigenvalue weighted by molar-refractivity contribution is -0.137. The molecule has 2 aromatic rings. The number of nitrogens with one attached hydrogen (secondary N) is 1. The van der Waals surface area contributed by atoms with Gasteiger partial charge in [0, 0.05) is 35.2 Å². The maximum Gasteiger partial charge on any atom is 0.417 e. The highest BCUT2D eigenvalue weighted by Crippen LogP contribution is 2.59. The van der Waals surface area contributed by atoms with Crippen molar-refractivity contribution >= 4 is 11.4 Å². The molecule has 1 fully saturated rings. The molecular weight excluding hydrogens is 341 g/mol. The topological polar surface area (TPSA) is 53.6 Å². The lowest BCUT2D eigenvalue weighted by Gasteiger charge is -2.30. The number of anilines is 1. The van der Waals surface area contributed by atoms with Gasteiger partial charge in [-0.1, -0.05) is 0 Å². The summed E-state index contributed by atoms with van der Waals surface area (Å²) in [4.78, 5) is 4.10. The van der Waals surface area contributed by atoms with Crippen molar-refractivity contribution in [2.75, 3.05) is 5.32 Å². The van der Waals surface area contributed by atoms with Crippen molar-refractivity contribution in [3.8, 4) is 6.07 Å². The molecule has 0 aliphatic heterocycles. The molecule has 134 valence electrons. The van der Waals surface area contributed by atoms with E-state index in [4.69, 9.17) is 5.26 Å². The zero-order valence-corrected chi connectivity index (χ0v) is 13.9. The Morgan fingerprint density at radius 1 is 1.27 bits per heavy atom. The van der Waals surface area contributed by atoms with Gasteiger partial charge < -0.3 is 9.88 Å². The van der Waals surface area contributed by atoms with Gasteiger partial charge in [-0.15, -0.1) is 0 Å². The van der Waals surface area contributed by atoms with E-state index in [9.17, 15) is 13.2 Å². The van der Waals surface area contributed by atoms with Crippen LogP contribution in [0.2, 0.25) is 0 Å². The van der Waals surface area contributed by atoms with Gasteiger partial charge in [-0.05, 0) is 50.0 Å². The first-order valence-corrected chi connectivity index (χ1v) is 8.50. The van der Waals surface area contributed by atoms with Crippen LogP contribution in [0, 0.1) is 16.7 Å². The summed E-state index contributed by atoms with van der Waals surface area (Å²) in [5.74, 6) is 0. The molecule has 1 unspecified atom stereocenters. The van der Waals surface area contributed by atoms with Gasteiger partial charge in [0.25, 0.3) is 0 Å². The molecule has 0 bridgehead atoms. The van der Waals surface area contributed by atoms with E-state index in [1.165, 1.54) is 17.8 Å². The first-order chi connectivity index (χ1) is 12.4. The maximum atomic E-state index is 13.2. The number of allylic oxidation sites excluding steroid dienone is 1. The normalized spacial score (nSPS) is 21.2. The van der Waals surface area contributed by atoms with E-state index in [0.29, 0.717) is 5.69 Å². The van der Waals surface area contributed by atoms with E-state index in [0.717, 1.165) is 31.7 Å². The first kappa shape index (κ1) is 16.7. The molecule has 1 aromatic carbocycles. The molecule has 1 aromatic heterocycles. The Morgan fingerprint density at radius 3 is 2.69 bits per heavy atom. The molecule has 7 heteroatoms. The summed E-state index contributed by atoms with van der Waals surface area (Å²) in [5, 5.41) is 12.1. The fourth-order valence-electron chi connectivity index (χ4n) is 3.72. The van der Waals surface area contributed by atoms with E-state index >= 15 is 0 Å². The summed E-state index contributed by atoms with van der Waals surface area (Å²) in [6.07, 6.45) is 7.07. The van der Waals surface area contributed by atoms with Gasteiger partial charge in [0.05, 0.1) is 23.5 Å². The van der Waals surface area contributed by atoms with Gasteiger partial charge in [-0.25, -0.2) is 4.98 Å². The third kappa shape index (κ3) is 2.96. The fourth-order valence-corrected chi connectivity index (χ4v) is 3.72. The highest BCUT2D eigenvalue weighted by atomic mass is 19.4. The fraction of sp³-hybridized carbons (Fsp3) is 0.368. The predicted molar refractivity (Wildman–Crippen MR) is 91.0 cm³/mol. The minimum absolute atomic E-state index is 0.0624. The lowest BCUT2D eigenvalue weighted by atomic mass is 9.86. The Morgan fingerprint density at radius 2 is 2.08 bits per heavy atom. The molecule has 4 nitrogen and oxygen atoms in total. The molecule has 0 saturated heterocycles. The number of aromatic nitrogens is 2.